The van der Waals surface area contributed by atoms with Crippen molar-refractivity contribution in [2.24, 2.45) is 0 Å². The molecule has 2 atom stereocenters. The number of nitrogens with one attached hydrogen (secondary N) is 2. The number of nitrogens with zero attached hydrogens (tertiary/aromatic N) is 2. The van der Waals surface area contributed by atoms with Gasteiger partial charge in [0.1, 0.15) is 6.33 Å². The van der Waals surface area contributed by atoms with Gasteiger partial charge in [0.25, 0.3) is 5.91 Å². The van der Waals surface area contributed by atoms with Crippen molar-refractivity contribution < 1.29 is 9.90 Å². The standard InChI is InChI=1S/C18H16N4O2/c23-15-9-11-4-1-2-7-14(11)16(15)21-18(24)13-6-3-5-12(8-13)17-19-10-20-22-17/h1-8,10,15-16,23H,9H2,(H,21,24)(H,19,20,22)/t15-,16+/m0/s1. The Hall–Kier alpha value is -2.99. The van der Waals surface area contributed by atoms with Crippen LogP contribution in [0.15, 0.2) is 54.9 Å². The fourth-order valence-corrected chi connectivity index (χ4v) is 3.12. The number of aliphatic hydroxyl groups excluding tert-OH is 1. The molecule has 0 fully saturated rings. The number of hydrogen-bond acceptors (Lipinski definition) is 4. The fraction of sp³-hybridized carbons (Fsp3) is 0.167. The van der Waals surface area contributed by atoms with E-state index in [1.807, 2.05) is 30.3 Å². The third kappa shape index (κ3) is 2.57. The zero-order valence-corrected chi connectivity index (χ0v) is 12.8. The molecule has 0 radical (unpaired) electrons. The molecular formula is C18H16N4O2. The molecule has 0 spiro atoms. The van der Waals surface area contributed by atoms with E-state index in [1.165, 1.54) is 6.33 Å². The molecule has 1 amide bonds. The molecule has 1 aliphatic carbocycles. The number of H-pyrrole nitrogens is 1. The smallest absolute Gasteiger partial charge is 0.251 e. The molecule has 3 aromatic rings. The Morgan fingerprint density at radius 2 is 2.08 bits per heavy atom. The molecule has 2 aromatic carbocycles. The second-order valence-corrected chi connectivity index (χ2v) is 5.84. The number of aliphatic hydroxyl groups is 1. The Morgan fingerprint density at radius 1 is 1.21 bits per heavy atom. The van der Waals surface area contributed by atoms with Crippen LogP contribution in [0.4, 0.5) is 0 Å². The largest absolute Gasteiger partial charge is 0.390 e. The van der Waals surface area contributed by atoms with Gasteiger partial charge in [-0.3, -0.25) is 9.89 Å². The highest BCUT2D eigenvalue weighted by molar-refractivity contribution is 5.95. The number of amides is 1. The summed E-state index contributed by atoms with van der Waals surface area (Å²) >= 11 is 0. The van der Waals surface area contributed by atoms with Gasteiger partial charge in [0, 0.05) is 17.5 Å². The van der Waals surface area contributed by atoms with Crippen LogP contribution in [-0.4, -0.2) is 32.3 Å². The van der Waals surface area contributed by atoms with Gasteiger partial charge in [0.05, 0.1) is 12.1 Å². The van der Waals surface area contributed by atoms with Gasteiger partial charge in [-0.25, -0.2) is 4.98 Å². The van der Waals surface area contributed by atoms with Gasteiger partial charge < -0.3 is 10.4 Å². The van der Waals surface area contributed by atoms with E-state index in [0.29, 0.717) is 17.8 Å². The van der Waals surface area contributed by atoms with Crippen LogP contribution in [0.1, 0.15) is 27.5 Å². The second kappa shape index (κ2) is 5.90. The molecule has 120 valence electrons. The Bertz CT molecular complexity index is 876. The average molecular weight is 320 g/mol. The van der Waals surface area contributed by atoms with Gasteiger partial charge in [-0.05, 0) is 23.3 Å². The van der Waals surface area contributed by atoms with E-state index < -0.39 is 6.10 Å². The highest BCUT2D eigenvalue weighted by Gasteiger charge is 2.32. The van der Waals surface area contributed by atoms with Crippen molar-refractivity contribution in [2.45, 2.75) is 18.6 Å². The maximum atomic E-state index is 12.6. The third-order valence-corrected chi connectivity index (χ3v) is 4.30. The number of fused-ring (bicyclic) bond motifs is 1. The number of carbonyl (C=O) groups is 1. The summed E-state index contributed by atoms with van der Waals surface area (Å²) in [7, 11) is 0. The molecule has 0 saturated carbocycles. The predicted molar refractivity (Wildman–Crippen MR) is 88.2 cm³/mol. The Kier molecular flexibility index (Phi) is 3.59. The van der Waals surface area contributed by atoms with Crippen molar-refractivity contribution in [2.75, 3.05) is 0 Å². The molecule has 6 nitrogen and oxygen atoms in total. The highest BCUT2D eigenvalue weighted by atomic mass is 16.3. The third-order valence-electron chi connectivity index (χ3n) is 4.30. The molecule has 24 heavy (non-hydrogen) atoms. The molecule has 6 heteroatoms. The van der Waals surface area contributed by atoms with Crippen molar-refractivity contribution in [3.8, 4) is 11.4 Å². The minimum atomic E-state index is -0.608. The zero-order valence-electron chi connectivity index (χ0n) is 12.8. The first-order valence-electron chi connectivity index (χ1n) is 7.75. The second-order valence-electron chi connectivity index (χ2n) is 5.84. The summed E-state index contributed by atoms with van der Waals surface area (Å²) in [5.41, 5.74) is 3.35. The normalized spacial score (nSPS) is 19.0. The van der Waals surface area contributed by atoms with Crippen molar-refractivity contribution in [1.82, 2.24) is 20.5 Å². The molecule has 3 N–H and O–H groups in total. The summed E-state index contributed by atoms with van der Waals surface area (Å²) in [6, 6.07) is 14.5. The van der Waals surface area contributed by atoms with Crippen LogP contribution in [0.3, 0.4) is 0 Å². The number of benzene rings is 2. The van der Waals surface area contributed by atoms with Crippen molar-refractivity contribution in [3.63, 3.8) is 0 Å². The number of aromatic amines is 1. The van der Waals surface area contributed by atoms with Gasteiger partial charge in [-0.2, -0.15) is 5.10 Å². The van der Waals surface area contributed by atoms with E-state index in [4.69, 9.17) is 0 Å². The molecule has 1 heterocycles. The van der Waals surface area contributed by atoms with Crippen LogP contribution >= 0.6 is 0 Å². The van der Waals surface area contributed by atoms with E-state index in [9.17, 15) is 9.90 Å². The summed E-state index contributed by atoms with van der Waals surface area (Å²) in [6.07, 6.45) is 1.37. The Labute approximate surface area is 138 Å². The molecule has 1 aliphatic rings. The fourth-order valence-electron chi connectivity index (χ4n) is 3.12. The SMILES string of the molecule is O=C(N[C@@H]1c2ccccc2C[C@@H]1O)c1cccc(-c2ncn[nH]2)c1. The van der Waals surface area contributed by atoms with E-state index in [-0.39, 0.29) is 11.9 Å². The quantitative estimate of drug-likeness (QED) is 0.687. The van der Waals surface area contributed by atoms with Crippen LogP contribution < -0.4 is 5.32 Å². The Morgan fingerprint density at radius 3 is 2.92 bits per heavy atom. The molecular weight excluding hydrogens is 304 g/mol. The van der Waals surface area contributed by atoms with E-state index in [1.54, 1.807) is 18.2 Å². The van der Waals surface area contributed by atoms with E-state index in [0.717, 1.165) is 16.7 Å². The van der Waals surface area contributed by atoms with Gasteiger partial charge in [0.2, 0.25) is 0 Å². The molecule has 0 saturated heterocycles. The first-order valence-corrected chi connectivity index (χ1v) is 7.75. The number of hydrogen-bond donors (Lipinski definition) is 3. The molecule has 4 rings (SSSR count). The molecule has 0 unspecified atom stereocenters. The van der Waals surface area contributed by atoms with Crippen molar-refractivity contribution in [1.29, 1.82) is 0 Å². The number of rotatable bonds is 3. The van der Waals surface area contributed by atoms with Crippen LogP contribution in [0, 0.1) is 0 Å². The van der Waals surface area contributed by atoms with Gasteiger partial charge in [0.15, 0.2) is 5.82 Å². The van der Waals surface area contributed by atoms with E-state index in [2.05, 4.69) is 20.5 Å². The maximum absolute atomic E-state index is 12.6. The summed E-state index contributed by atoms with van der Waals surface area (Å²) in [5, 5.41) is 19.8. The maximum Gasteiger partial charge on any atom is 0.251 e. The first kappa shape index (κ1) is 14.6. The van der Waals surface area contributed by atoms with Crippen molar-refractivity contribution in [3.05, 3.63) is 71.5 Å². The minimum absolute atomic E-state index is 0.225. The summed E-state index contributed by atoms with van der Waals surface area (Å²) in [5.74, 6) is 0.382. The lowest BCUT2D eigenvalue weighted by Gasteiger charge is -2.18. The lowest BCUT2D eigenvalue weighted by atomic mass is 10.1. The zero-order chi connectivity index (χ0) is 16.5. The molecule has 0 aliphatic heterocycles. The van der Waals surface area contributed by atoms with Crippen LogP contribution in [0.25, 0.3) is 11.4 Å². The number of carbonyl (C=O) groups excluding carboxylic acids is 1. The molecule has 0 bridgehead atoms. The minimum Gasteiger partial charge on any atom is -0.390 e. The van der Waals surface area contributed by atoms with Crippen LogP contribution in [0.5, 0.6) is 0 Å². The Balaban J connectivity index is 1.58. The van der Waals surface area contributed by atoms with E-state index >= 15 is 0 Å². The monoisotopic (exact) mass is 320 g/mol. The van der Waals surface area contributed by atoms with Crippen molar-refractivity contribution >= 4 is 5.91 Å². The number of aromatic nitrogens is 3. The topological polar surface area (TPSA) is 90.9 Å². The lowest BCUT2D eigenvalue weighted by molar-refractivity contribution is 0.0858. The average Bonchev–Trinajstić information content (AvgIpc) is 3.24. The summed E-state index contributed by atoms with van der Waals surface area (Å²) < 4.78 is 0. The predicted octanol–water partition coefficient (Wildman–Crippen LogP) is 1.86. The lowest BCUT2D eigenvalue weighted by Crippen LogP contribution is -2.33. The van der Waals surface area contributed by atoms with Crippen LogP contribution in [-0.2, 0) is 6.42 Å². The first-order chi connectivity index (χ1) is 11.7. The van der Waals surface area contributed by atoms with Gasteiger partial charge >= 0.3 is 0 Å². The van der Waals surface area contributed by atoms with Gasteiger partial charge in [-0.1, -0.05) is 36.4 Å². The molecule has 1 aromatic heterocycles. The summed E-state index contributed by atoms with van der Waals surface area (Å²) in [4.78, 5) is 16.7. The highest BCUT2D eigenvalue weighted by Crippen LogP contribution is 2.31. The van der Waals surface area contributed by atoms with Gasteiger partial charge in [-0.15, -0.1) is 0 Å². The summed E-state index contributed by atoms with van der Waals surface area (Å²) in [6.45, 7) is 0. The van der Waals surface area contributed by atoms with Crippen LogP contribution in [0.2, 0.25) is 0 Å².